The van der Waals surface area contributed by atoms with E-state index >= 15 is 0 Å². The minimum Gasteiger partial charge on any atom is -0.383 e. The summed E-state index contributed by atoms with van der Waals surface area (Å²) in [7, 11) is -17.2. The maximum absolute atomic E-state index is 14.7. The average molecular weight is 531 g/mol. The summed E-state index contributed by atoms with van der Waals surface area (Å²) in [6, 6.07) is 0.991. The van der Waals surface area contributed by atoms with Crippen LogP contribution in [0.3, 0.4) is 0 Å². The van der Waals surface area contributed by atoms with Crippen molar-refractivity contribution in [1.29, 1.82) is 0 Å². The number of phosphoric acid groups is 3. The first kappa shape index (κ1) is 27.1. The van der Waals surface area contributed by atoms with Gasteiger partial charge < -0.3 is 35.2 Å². The predicted octanol–water partition coefficient (Wildman–Crippen LogP) is -0.157. The molecule has 5 atom stereocenters. The van der Waals surface area contributed by atoms with Gasteiger partial charge in [-0.3, -0.25) is 9.09 Å². The van der Waals surface area contributed by atoms with Gasteiger partial charge in [0.05, 0.1) is 6.61 Å². The fourth-order valence-corrected chi connectivity index (χ4v) is 5.76. The standard InChI is InChI=1S/C11H18F2N3O13P3/c1-2-10(5-26-31(22,23)29-32(24,25)28-30(19,20)21)7(17)11(12,13)8(27-10)16-4-3-6(14)15-9(16)18/h3-4,7-8,17H,2,5H2,1H3,(H,22,23)(H,24,25)(H2,14,15,18)(H2,19,20,21)/t7-,8-,10-/m1/s1. The molecule has 1 fully saturated rings. The molecule has 0 spiro atoms. The van der Waals surface area contributed by atoms with E-state index < -0.39 is 66.0 Å². The van der Waals surface area contributed by atoms with Crippen molar-refractivity contribution in [1.82, 2.24) is 9.55 Å². The van der Waals surface area contributed by atoms with Crippen molar-refractivity contribution in [3.63, 3.8) is 0 Å². The summed E-state index contributed by atoms with van der Waals surface area (Å²) in [5.41, 5.74) is 1.57. The van der Waals surface area contributed by atoms with Crippen molar-refractivity contribution >= 4 is 29.3 Å². The quantitative estimate of drug-likeness (QED) is 0.227. The molecular weight excluding hydrogens is 513 g/mol. The van der Waals surface area contributed by atoms with Crippen LogP contribution in [0, 0.1) is 0 Å². The van der Waals surface area contributed by atoms with Crippen molar-refractivity contribution in [2.24, 2.45) is 0 Å². The van der Waals surface area contributed by atoms with Crippen LogP contribution >= 0.6 is 23.5 Å². The molecule has 184 valence electrons. The van der Waals surface area contributed by atoms with Crippen LogP contribution in [0.2, 0.25) is 0 Å². The van der Waals surface area contributed by atoms with Crippen LogP contribution in [0.25, 0.3) is 0 Å². The number of nitrogen functional groups attached to an aromatic ring is 1. The molecule has 1 aromatic heterocycles. The normalized spacial score (nSPS) is 29.4. The van der Waals surface area contributed by atoms with Crippen molar-refractivity contribution < 1.29 is 65.0 Å². The third kappa shape index (κ3) is 6.05. The Bertz CT molecular complexity index is 1060. The van der Waals surface area contributed by atoms with Crippen LogP contribution in [0.15, 0.2) is 17.1 Å². The maximum atomic E-state index is 14.7. The predicted molar refractivity (Wildman–Crippen MR) is 96.8 cm³/mol. The monoisotopic (exact) mass is 531 g/mol. The highest BCUT2D eigenvalue weighted by molar-refractivity contribution is 7.66. The summed E-state index contributed by atoms with van der Waals surface area (Å²) < 4.78 is 80.1. The number of nitrogens with two attached hydrogens (primary N) is 1. The van der Waals surface area contributed by atoms with E-state index in [4.69, 9.17) is 25.2 Å². The Balaban J connectivity index is 2.27. The number of aliphatic hydroxyl groups is 1. The van der Waals surface area contributed by atoms with Crippen molar-refractivity contribution in [2.45, 2.75) is 37.2 Å². The Labute approximate surface area is 177 Å². The number of rotatable bonds is 9. The summed E-state index contributed by atoms with van der Waals surface area (Å²) in [5.74, 6) is -4.46. The zero-order valence-electron chi connectivity index (χ0n) is 15.8. The number of aliphatic hydroxyl groups excluding tert-OH is 1. The number of hydrogen-bond donors (Lipinski definition) is 6. The molecule has 1 aromatic rings. The Morgan fingerprint density at radius 2 is 1.81 bits per heavy atom. The molecule has 2 rings (SSSR count). The molecule has 16 nitrogen and oxygen atoms in total. The fourth-order valence-electron chi connectivity index (χ4n) is 2.68. The Morgan fingerprint density at radius 3 is 2.31 bits per heavy atom. The largest absolute Gasteiger partial charge is 0.490 e. The topological polar surface area (TPSA) is 250 Å². The first-order valence-corrected chi connectivity index (χ1v) is 12.7. The van der Waals surface area contributed by atoms with E-state index in [9.17, 15) is 37.3 Å². The zero-order valence-corrected chi connectivity index (χ0v) is 18.5. The van der Waals surface area contributed by atoms with E-state index in [2.05, 4.69) is 18.1 Å². The van der Waals surface area contributed by atoms with Crippen molar-refractivity contribution in [2.75, 3.05) is 12.3 Å². The number of anilines is 1. The van der Waals surface area contributed by atoms with Gasteiger partial charge in [-0.1, -0.05) is 6.92 Å². The second kappa shape index (κ2) is 8.91. The number of ether oxygens (including phenoxy) is 1. The molecule has 0 aliphatic carbocycles. The zero-order chi connectivity index (χ0) is 24.8. The van der Waals surface area contributed by atoms with Crippen LogP contribution in [0.4, 0.5) is 14.6 Å². The van der Waals surface area contributed by atoms with Gasteiger partial charge in [0.2, 0.25) is 6.23 Å². The lowest BCUT2D eigenvalue weighted by molar-refractivity contribution is -0.145. The highest BCUT2D eigenvalue weighted by Crippen LogP contribution is 2.66. The highest BCUT2D eigenvalue weighted by Gasteiger charge is 2.67. The smallest absolute Gasteiger partial charge is 0.383 e. The van der Waals surface area contributed by atoms with Crippen molar-refractivity contribution in [3.05, 3.63) is 22.7 Å². The maximum Gasteiger partial charge on any atom is 0.490 e. The number of hydrogen-bond acceptors (Lipinski definition) is 11. The summed E-state index contributed by atoms with van der Waals surface area (Å²) in [6.07, 6.45) is -4.89. The summed E-state index contributed by atoms with van der Waals surface area (Å²) in [5, 5.41) is 10.2. The molecule has 0 amide bonds. The Kier molecular flexibility index (Phi) is 7.55. The van der Waals surface area contributed by atoms with Crippen LogP contribution in [-0.4, -0.2) is 58.5 Å². The molecule has 0 bridgehead atoms. The molecule has 1 saturated heterocycles. The van der Waals surface area contributed by atoms with Gasteiger partial charge in [0.15, 0.2) is 6.10 Å². The third-order valence-electron chi connectivity index (χ3n) is 4.13. The lowest BCUT2D eigenvalue weighted by Gasteiger charge is -2.30. The van der Waals surface area contributed by atoms with Gasteiger partial charge >= 0.3 is 35.1 Å². The lowest BCUT2D eigenvalue weighted by Crippen LogP contribution is -2.49. The van der Waals surface area contributed by atoms with E-state index in [1.54, 1.807) is 0 Å². The number of halogens is 2. The number of nitrogens with zero attached hydrogens (tertiary/aromatic N) is 2. The van der Waals surface area contributed by atoms with Gasteiger partial charge in [-0.15, -0.1) is 0 Å². The third-order valence-corrected chi connectivity index (χ3v) is 7.91. The molecule has 21 heteroatoms. The van der Waals surface area contributed by atoms with E-state index in [1.165, 1.54) is 6.92 Å². The van der Waals surface area contributed by atoms with E-state index in [0.29, 0.717) is 4.57 Å². The van der Waals surface area contributed by atoms with Crippen LogP contribution in [0.5, 0.6) is 0 Å². The minimum absolute atomic E-state index is 0.289. The molecule has 2 heterocycles. The number of alkyl halides is 2. The van der Waals surface area contributed by atoms with E-state index in [0.717, 1.165) is 12.3 Å². The first-order valence-electron chi connectivity index (χ1n) is 8.21. The van der Waals surface area contributed by atoms with Gasteiger partial charge in [-0.2, -0.15) is 22.4 Å². The van der Waals surface area contributed by atoms with Gasteiger partial charge in [0.1, 0.15) is 11.4 Å². The van der Waals surface area contributed by atoms with Crippen LogP contribution < -0.4 is 11.4 Å². The van der Waals surface area contributed by atoms with Gasteiger partial charge in [-0.05, 0) is 12.5 Å². The molecule has 7 N–H and O–H groups in total. The van der Waals surface area contributed by atoms with Gasteiger partial charge in [0.25, 0.3) is 0 Å². The first-order chi connectivity index (χ1) is 14.3. The van der Waals surface area contributed by atoms with E-state index in [-0.39, 0.29) is 5.82 Å². The van der Waals surface area contributed by atoms with Gasteiger partial charge in [0, 0.05) is 6.20 Å². The molecule has 0 radical (unpaired) electrons. The summed E-state index contributed by atoms with van der Waals surface area (Å²) >= 11 is 0. The molecule has 2 unspecified atom stereocenters. The van der Waals surface area contributed by atoms with Crippen molar-refractivity contribution in [3.8, 4) is 0 Å². The lowest BCUT2D eigenvalue weighted by atomic mass is 9.93. The summed E-state index contributed by atoms with van der Waals surface area (Å²) in [4.78, 5) is 50.8. The average Bonchev–Trinajstić information content (AvgIpc) is 2.78. The van der Waals surface area contributed by atoms with Gasteiger partial charge in [-0.25, -0.2) is 18.5 Å². The molecule has 0 saturated carbocycles. The molecular formula is C11H18F2N3O13P3. The summed E-state index contributed by atoms with van der Waals surface area (Å²) in [6.45, 7) is -0.163. The highest BCUT2D eigenvalue weighted by atomic mass is 31.3. The SMILES string of the molecule is CC[C@]1(COP(=O)(O)OP(=O)(O)OP(=O)(O)O)O[C@@H](n2ccc(N)nc2=O)C(F)(F)[C@@H]1O. The molecule has 32 heavy (non-hydrogen) atoms. The number of phosphoric ester groups is 1. The second-order valence-corrected chi connectivity index (χ2v) is 10.8. The number of aromatic nitrogens is 2. The second-order valence-electron chi connectivity index (χ2n) is 6.37. The minimum atomic E-state index is -5.86. The van der Waals surface area contributed by atoms with Crippen LogP contribution in [-0.2, 0) is 31.6 Å². The Morgan fingerprint density at radius 1 is 1.22 bits per heavy atom. The molecule has 0 aromatic carbocycles. The Hall–Kier alpha value is -1.13. The van der Waals surface area contributed by atoms with Crippen LogP contribution in [0.1, 0.15) is 19.6 Å². The fraction of sp³-hybridized carbons (Fsp3) is 0.636. The molecule has 1 aliphatic heterocycles. The van der Waals surface area contributed by atoms with E-state index in [1.807, 2.05) is 0 Å². The molecule has 1 aliphatic rings.